The molecule has 0 saturated heterocycles. The molecule has 0 N–H and O–H groups in total. The van der Waals surface area contributed by atoms with Crippen molar-refractivity contribution in [1.29, 1.82) is 0 Å². The van der Waals surface area contributed by atoms with E-state index < -0.39 is 6.10 Å². The predicted molar refractivity (Wildman–Crippen MR) is 254 cm³/mol. The van der Waals surface area contributed by atoms with Gasteiger partial charge in [-0.05, 0) is 117 Å². The molecule has 6 nitrogen and oxygen atoms in total. The molecule has 7 heteroatoms. The van der Waals surface area contributed by atoms with E-state index in [1.807, 2.05) is 19.9 Å². The summed E-state index contributed by atoms with van der Waals surface area (Å²) in [5, 5.41) is 49.7. The van der Waals surface area contributed by atoms with Gasteiger partial charge in [0.25, 0.3) is 0 Å². The first-order valence-electron chi connectivity index (χ1n) is 22.6. The van der Waals surface area contributed by atoms with Crippen LogP contribution in [0.25, 0.3) is 0 Å². The fraction of sp³-hybridized carbons (Fsp3) is 0.673. The third-order valence-corrected chi connectivity index (χ3v) is 10.8. The Morgan fingerprint density at radius 3 is 0.887 bits per heavy atom. The largest absolute Gasteiger partial charge is 4.00 e. The maximum atomic E-state index is 13.8. The summed E-state index contributed by atoms with van der Waals surface area (Å²) in [5.74, 6) is 0.373. The van der Waals surface area contributed by atoms with Crippen molar-refractivity contribution in [3.63, 3.8) is 0 Å². The van der Waals surface area contributed by atoms with E-state index in [1.165, 1.54) is 16.7 Å². The summed E-state index contributed by atoms with van der Waals surface area (Å²) < 4.78 is 5.64. The number of benzene rings is 3. The van der Waals surface area contributed by atoms with Crippen LogP contribution < -0.4 is 20.4 Å². The van der Waals surface area contributed by atoms with Crippen molar-refractivity contribution in [1.82, 2.24) is 4.90 Å². The molecule has 0 atom stereocenters. The summed E-state index contributed by atoms with van der Waals surface area (Å²) in [7, 11) is 0. The van der Waals surface area contributed by atoms with Crippen molar-refractivity contribution in [3.05, 3.63) is 86.5 Å². The number of nitrogens with zero attached hydrogens (tertiary/aromatic N) is 1. The second-order valence-corrected chi connectivity index (χ2v) is 25.0. The molecule has 0 radical (unpaired) electrons. The van der Waals surface area contributed by atoms with Crippen molar-refractivity contribution in [2.45, 2.75) is 243 Å². The second kappa shape index (κ2) is 21.9. The van der Waals surface area contributed by atoms with Crippen molar-refractivity contribution in [2.24, 2.45) is 0 Å². The number of hydrogen-bond acceptors (Lipinski definition) is 6. The molecule has 0 heterocycles. The van der Waals surface area contributed by atoms with Gasteiger partial charge < -0.3 is 25.2 Å². The summed E-state index contributed by atoms with van der Waals surface area (Å²) in [5.41, 5.74) is 7.55. The zero-order valence-corrected chi connectivity index (χ0v) is 47.8. The van der Waals surface area contributed by atoms with Crippen LogP contribution in [0.3, 0.4) is 0 Å². The van der Waals surface area contributed by atoms with Gasteiger partial charge in [-0.2, -0.15) is 0 Å². The maximum Gasteiger partial charge on any atom is 4.00 e. The van der Waals surface area contributed by atoms with Crippen LogP contribution in [0.4, 0.5) is 0 Å². The predicted octanol–water partition coefficient (Wildman–Crippen LogP) is 11.9. The summed E-state index contributed by atoms with van der Waals surface area (Å²) in [6, 6.07) is 12.5. The van der Waals surface area contributed by atoms with Crippen LogP contribution in [-0.4, -0.2) is 22.6 Å². The number of ether oxygens (including phenoxy) is 1. The molecule has 0 aliphatic carbocycles. The van der Waals surface area contributed by atoms with E-state index in [4.69, 9.17) is 4.74 Å². The van der Waals surface area contributed by atoms with Crippen LogP contribution in [0.5, 0.6) is 17.2 Å². The summed E-state index contributed by atoms with van der Waals surface area (Å²) in [6.45, 7) is 53.7. The molecule has 3 aromatic carbocycles. The molecule has 0 aliphatic rings. The van der Waals surface area contributed by atoms with Crippen LogP contribution in [0, 0.1) is 0 Å². The van der Waals surface area contributed by atoms with Gasteiger partial charge in [-0.3, -0.25) is 4.90 Å². The standard InChI is InChI=1S/C34H55NO2.C18H30O2.C3H7O.Hf/c1-30(2,3)24-16-22(28(36)26(18-24)32(7,8)9)20-35(34(13,14)15)21-23-17-25(31(4,5)6)19-27(29(23)37)33(10,11)12;1-12(2)20-11-13-9-14(17(3,4)5)10-15(16(13)19)18(6,7)8;1-3(2)4;/h16-19,36-37H,20-21H2,1-15H3;9-10,12,19H,11H2,1-8H3;3H,1-2H3;/q;;-1;+4/p-3. The molecule has 0 bridgehead atoms. The van der Waals surface area contributed by atoms with Gasteiger partial charge in [-0.15, -0.1) is 17.6 Å². The first-order chi connectivity index (χ1) is 27.0. The van der Waals surface area contributed by atoms with Gasteiger partial charge in [0.2, 0.25) is 0 Å². The van der Waals surface area contributed by atoms with Gasteiger partial charge in [-0.25, -0.2) is 0 Å². The average Bonchev–Trinajstić information content (AvgIpc) is 3.01. The van der Waals surface area contributed by atoms with Gasteiger partial charge in [-0.1, -0.05) is 181 Å². The minimum Gasteiger partial charge on any atom is -0.872 e. The van der Waals surface area contributed by atoms with Gasteiger partial charge in [0.05, 0.1) is 12.7 Å². The maximum absolute atomic E-state index is 13.8. The van der Waals surface area contributed by atoms with Crippen LogP contribution in [0.15, 0.2) is 36.4 Å². The Bertz CT molecular complexity index is 1790. The Kier molecular flexibility index (Phi) is 21.1. The van der Waals surface area contributed by atoms with E-state index in [9.17, 15) is 20.4 Å². The monoisotopic (exact) mass is 1020 g/mol. The summed E-state index contributed by atoms with van der Waals surface area (Å²) in [6.07, 6.45) is -0.286. The van der Waals surface area contributed by atoms with Gasteiger partial charge in [0, 0.05) is 18.6 Å². The zero-order valence-electron chi connectivity index (χ0n) is 44.2. The molecule has 0 amide bonds. The Hall–Kier alpha value is -2.19. The number of hydrogen-bond donors (Lipinski definition) is 0. The van der Waals surface area contributed by atoms with Gasteiger partial charge >= 0.3 is 25.8 Å². The van der Waals surface area contributed by atoms with Crippen molar-refractivity contribution in [3.8, 4) is 17.2 Å². The van der Waals surface area contributed by atoms with Crippen LogP contribution in [0.1, 0.15) is 223 Å². The zero-order chi connectivity index (χ0) is 48.2. The Labute approximate surface area is 400 Å². The Morgan fingerprint density at radius 2 is 0.677 bits per heavy atom. The van der Waals surface area contributed by atoms with Crippen LogP contribution in [0.2, 0.25) is 0 Å². The van der Waals surface area contributed by atoms with E-state index in [2.05, 4.69) is 181 Å². The Morgan fingerprint density at radius 1 is 0.435 bits per heavy atom. The van der Waals surface area contributed by atoms with Crippen molar-refractivity contribution >= 4 is 0 Å². The number of rotatable bonds is 7. The van der Waals surface area contributed by atoms with Gasteiger partial charge in [0.15, 0.2) is 0 Å². The fourth-order valence-electron chi connectivity index (χ4n) is 6.58. The van der Waals surface area contributed by atoms with Gasteiger partial charge in [0.1, 0.15) is 0 Å². The first kappa shape index (κ1) is 59.8. The SMILES string of the molecule is CC(C)(C)c1cc(CN(Cc2cc(C(C)(C)C)cc(C(C)(C)C)c2[O-])C(C)(C)C)c([O-])c(C(C)(C)C)c1.CC(C)OCc1cc(C(C)(C)C)cc(C(C)(C)C)c1[O-].CC(C)[O-].[Hf+4]. The van der Waals surface area contributed by atoms with E-state index in [0.29, 0.717) is 19.7 Å². The van der Waals surface area contributed by atoms with E-state index >= 15 is 0 Å². The van der Waals surface area contributed by atoms with Crippen molar-refractivity contribution < 1.29 is 51.0 Å². The van der Waals surface area contributed by atoms with E-state index in [-0.39, 0.29) is 87.2 Å². The molecular weight excluding hydrogens is 933 g/mol. The molecule has 0 fully saturated rings. The average molecular weight is 1020 g/mol. The molecule has 0 aliphatic heterocycles. The Balaban J connectivity index is 0.00000125. The molecule has 3 rings (SSSR count). The van der Waals surface area contributed by atoms with E-state index in [0.717, 1.165) is 33.4 Å². The molecule has 3 aromatic rings. The molecule has 0 spiro atoms. The smallest absolute Gasteiger partial charge is 0.872 e. The topological polar surface area (TPSA) is 105 Å². The summed E-state index contributed by atoms with van der Waals surface area (Å²) in [4.78, 5) is 2.29. The molecule has 0 unspecified atom stereocenters. The first-order valence-corrected chi connectivity index (χ1v) is 22.6. The molecule has 348 valence electrons. The van der Waals surface area contributed by atoms with Crippen molar-refractivity contribution in [2.75, 3.05) is 0 Å². The molecular formula is C55H89HfNO5. The minimum atomic E-state index is -0.417. The van der Waals surface area contributed by atoms with Crippen LogP contribution in [-0.2, 0) is 82.8 Å². The molecule has 0 aromatic heterocycles. The normalized spacial score (nSPS) is 13.1. The fourth-order valence-corrected chi connectivity index (χ4v) is 6.58. The molecule has 62 heavy (non-hydrogen) atoms. The third-order valence-electron chi connectivity index (χ3n) is 10.8. The van der Waals surface area contributed by atoms with E-state index in [1.54, 1.807) is 13.8 Å². The second-order valence-electron chi connectivity index (χ2n) is 25.0. The minimum absolute atomic E-state index is 0. The molecule has 0 saturated carbocycles. The summed E-state index contributed by atoms with van der Waals surface area (Å²) >= 11 is 0. The van der Waals surface area contributed by atoms with Crippen LogP contribution >= 0.6 is 0 Å². The quantitative estimate of drug-likeness (QED) is 0.218. The third kappa shape index (κ3) is 18.4.